The first-order chi connectivity index (χ1) is 9.49. The molecule has 0 spiro atoms. The molecule has 1 aromatic carbocycles. The van der Waals surface area contributed by atoms with Gasteiger partial charge in [0.1, 0.15) is 5.69 Å². The second kappa shape index (κ2) is 6.27. The highest BCUT2D eigenvalue weighted by atomic mass is 16.5. The summed E-state index contributed by atoms with van der Waals surface area (Å²) < 4.78 is 7.89. The van der Waals surface area contributed by atoms with Gasteiger partial charge in [0.05, 0.1) is 18.5 Å². The minimum atomic E-state index is -0.573. The van der Waals surface area contributed by atoms with Crippen molar-refractivity contribution in [3.05, 3.63) is 46.4 Å². The lowest BCUT2D eigenvalue weighted by Crippen LogP contribution is -2.31. The number of benzene rings is 1. The van der Waals surface area contributed by atoms with E-state index in [4.69, 9.17) is 0 Å². The van der Waals surface area contributed by atoms with Gasteiger partial charge in [-0.05, 0) is 19.1 Å². The molecule has 114 valence electrons. The molecule has 1 aromatic heterocycles. The lowest BCUT2D eigenvalue weighted by Gasteiger charge is -2.13. The molecular weight excluding hydrogens is 274 g/mol. The molecule has 0 aliphatic carbocycles. The van der Waals surface area contributed by atoms with E-state index in [0.29, 0.717) is 11.4 Å². The molecule has 0 unspecified atom stereocenters. The fourth-order valence-corrected chi connectivity index (χ4v) is 2.17. The molecule has 2 N–H and O–H groups in total. The molecule has 0 bridgehead atoms. The Morgan fingerprint density at radius 1 is 1.24 bits per heavy atom. The van der Waals surface area contributed by atoms with Crippen molar-refractivity contribution in [1.82, 2.24) is 9.36 Å². The van der Waals surface area contributed by atoms with Crippen molar-refractivity contribution in [2.75, 3.05) is 19.1 Å². The van der Waals surface area contributed by atoms with Crippen molar-refractivity contribution >= 4 is 11.8 Å². The van der Waals surface area contributed by atoms with Gasteiger partial charge in [-0.3, -0.25) is 14.4 Å². The van der Waals surface area contributed by atoms with Crippen molar-refractivity contribution in [3.63, 3.8) is 0 Å². The molecule has 0 saturated heterocycles. The fourth-order valence-electron chi connectivity index (χ4n) is 2.17. The van der Waals surface area contributed by atoms with Crippen molar-refractivity contribution in [3.8, 4) is 5.69 Å². The van der Waals surface area contributed by atoms with Crippen LogP contribution in [-0.2, 0) is 11.8 Å². The largest absolute Gasteiger partial charge is 0.452 e. The molecule has 1 amide bonds. The number of methoxy groups -OCH3 is 1. The number of hydrogen-bond acceptors (Lipinski definition) is 3. The number of aromatic nitrogens is 2. The summed E-state index contributed by atoms with van der Waals surface area (Å²) in [6.45, 7) is 1.79. The van der Waals surface area contributed by atoms with Crippen molar-refractivity contribution in [1.29, 1.82) is 0 Å². The zero-order chi connectivity index (χ0) is 14.9. The normalized spacial score (nSPS) is 9.90. The minimum absolute atomic E-state index is 0. The molecule has 7 heteroatoms. The summed E-state index contributed by atoms with van der Waals surface area (Å²) in [7, 11) is 4.58. The number of ether oxygens (including phenoxy) is 1. The standard InChI is InChI=1S/C14H17N3O3.H2O/c1-10-12(15(2)14(19)20-4)13(18)17(16(10)3)11-8-6-5-7-9-11;/h5-9H,1-4H3;1H2. The Kier molecular flexibility index (Phi) is 4.93. The van der Waals surface area contributed by atoms with E-state index in [9.17, 15) is 9.59 Å². The Hall–Kier alpha value is -2.54. The highest BCUT2D eigenvalue weighted by Crippen LogP contribution is 2.17. The molecule has 0 atom stereocenters. The third-order valence-corrected chi connectivity index (χ3v) is 3.31. The van der Waals surface area contributed by atoms with Crippen LogP contribution in [0.2, 0.25) is 0 Å². The van der Waals surface area contributed by atoms with Crippen LogP contribution in [0.25, 0.3) is 5.69 Å². The van der Waals surface area contributed by atoms with E-state index in [1.807, 2.05) is 30.3 Å². The number of para-hydroxylation sites is 1. The molecule has 0 fully saturated rings. The molecule has 0 aliphatic rings. The van der Waals surface area contributed by atoms with E-state index in [1.54, 1.807) is 18.7 Å². The zero-order valence-electron chi connectivity index (χ0n) is 12.5. The molecule has 2 rings (SSSR count). The van der Waals surface area contributed by atoms with E-state index in [0.717, 1.165) is 5.69 Å². The topological polar surface area (TPSA) is 88.0 Å². The van der Waals surface area contributed by atoms with E-state index in [2.05, 4.69) is 4.74 Å². The van der Waals surface area contributed by atoms with Gasteiger partial charge in [-0.2, -0.15) is 0 Å². The first kappa shape index (κ1) is 16.5. The second-order valence-corrected chi connectivity index (χ2v) is 4.44. The summed E-state index contributed by atoms with van der Waals surface area (Å²) in [5.41, 5.74) is 1.48. The quantitative estimate of drug-likeness (QED) is 0.822. The van der Waals surface area contributed by atoms with Crippen LogP contribution in [0.3, 0.4) is 0 Å². The molecule has 0 aliphatic heterocycles. The third-order valence-electron chi connectivity index (χ3n) is 3.31. The maximum atomic E-state index is 12.6. The van der Waals surface area contributed by atoms with Gasteiger partial charge in [0, 0.05) is 14.1 Å². The maximum Gasteiger partial charge on any atom is 0.413 e. The van der Waals surface area contributed by atoms with Gasteiger partial charge in [-0.25, -0.2) is 9.48 Å². The Morgan fingerprint density at radius 2 is 1.81 bits per heavy atom. The summed E-state index contributed by atoms with van der Waals surface area (Å²) in [6, 6.07) is 9.26. The van der Waals surface area contributed by atoms with Gasteiger partial charge in [0.2, 0.25) is 0 Å². The molecule has 2 aromatic rings. The van der Waals surface area contributed by atoms with E-state index in [-0.39, 0.29) is 11.0 Å². The van der Waals surface area contributed by atoms with E-state index in [1.165, 1.54) is 23.7 Å². The molecule has 0 saturated carbocycles. The van der Waals surface area contributed by atoms with Gasteiger partial charge in [-0.1, -0.05) is 18.2 Å². The van der Waals surface area contributed by atoms with Crippen LogP contribution in [0, 0.1) is 6.92 Å². The predicted molar refractivity (Wildman–Crippen MR) is 80.2 cm³/mol. The predicted octanol–water partition coefficient (Wildman–Crippen LogP) is 0.862. The van der Waals surface area contributed by atoms with Crippen LogP contribution >= 0.6 is 0 Å². The van der Waals surface area contributed by atoms with Gasteiger partial charge < -0.3 is 10.2 Å². The number of nitrogens with zero attached hydrogens (tertiary/aromatic N) is 3. The van der Waals surface area contributed by atoms with Crippen molar-refractivity contribution < 1.29 is 15.0 Å². The van der Waals surface area contributed by atoms with Crippen LogP contribution < -0.4 is 10.5 Å². The highest BCUT2D eigenvalue weighted by Gasteiger charge is 2.23. The summed E-state index contributed by atoms with van der Waals surface area (Å²) >= 11 is 0. The molecule has 21 heavy (non-hydrogen) atoms. The maximum absolute atomic E-state index is 12.6. The summed E-state index contributed by atoms with van der Waals surface area (Å²) in [6.07, 6.45) is -0.573. The van der Waals surface area contributed by atoms with Crippen LogP contribution in [0.5, 0.6) is 0 Å². The Morgan fingerprint density at radius 3 is 2.33 bits per heavy atom. The first-order valence-electron chi connectivity index (χ1n) is 6.14. The van der Waals surface area contributed by atoms with Crippen LogP contribution in [0.1, 0.15) is 5.69 Å². The smallest absolute Gasteiger partial charge is 0.413 e. The minimum Gasteiger partial charge on any atom is -0.452 e. The highest BCUT2D eigenvalue weighted by molar-refractivity contribution is 5.87. The van der Waals surface area contributed by atoms with Crippen LogP contribution in [0.15, 0.2) is 35.1 Å². The van der Waals surface area contributed by atoms with Gasteiger partial charge >= 0.3 is 6.09 Å². The summed E-state index contributed by atoms with van der Waals surface area (Å²) in [5.74, 6) is 0. The average molecular weight is 293 g/mol. The van der Waals surface area contributed by atoms with Crippen LogP contribution in [0.4, 0.5) is 10.5 Å². The molecule has 1 heterocycles. The van der Waals surface area contributed by atoms with Crippen molar-refractivity contribution in [2.24, 2.45) is 7.05 Å². The monoisotopic (exact) mass is 293 g/mol. The first-order valence-corrected chi connectivity index (χ1v) is 6.14. The molecule has 0 radical (unpaired) electrons. The molecule has 7 nitrogen and oxygen atoms in total. The number of carbonyl (C=O) groups is 1. The molecular formula is C14H19N3O4. The Balaban J connectivity index is 0.00000220. The SMILES string of the molecule is COC(=O)N(C)c1c(C)n(C)n(-c2ccccc2)c1=O.O. The third kappa shape index (κ3) is 2.68. The zero-order valence-corrected chi connectivity index (χ0v) is 12.5. The van der Waals surface area contributed by atoms with Crippen molar-refractivity contribution in [2.45, 2.75) is 6.92 Å². The van der Waals surface area contributed by atoms with Gasteiger partial charge in [0.15, 0.2) is 0 Å². The Labute approximate surface area is 122 Å². The summed E-state index contributed by atoms with van der Waals surface area (Å²) in [4.78, 5) is 25.4. The number of carbonyl (C=O) groups excluding carboxylic acids is 1. The second-order valence-electron chi connectivity index (χ2n) is 4.44. The lowest BCUT2D eigenvalue weighted by molar-refractivity contribution is 0.180. The number of amides is 1. The number of hydrogen-bond donors (Lipinski definition) is 0. The van der Waals surface area contributed by atoms with Gasteiger partial charge in [-0.15, -0.1) is 0 Å². The summed E-state index contributed by atoms with van der Waals surface area (Å²) in [5, 5.41) is 0. The van der Waals surface area contributed by atoms with Gasteiger partial charge in [0.25, 0.3) is 5.56 Å². The fraction of sp³-hybridized carbons (Fsp3) is 0.286. The average Bonchev–Trinajstić information content (AvgIpc) is 2.68. The van der Waals surface area contributed by atoms with E-state index < -0.39 is 6.09 Å². The van der Waals surface area contributed by atoms with E-state index >= 15 is 0 Å². The lowest BCUT2D eigenvalue weighted by atomic mass is 10.3. The van der Waals surface area contributed by atoms with Crippen LogP contribution in [-0.4, -0.2) is 35.1 Å². The number of rotatable bonds is 2. The Bertz CT molecular complexity index is 688. The number of anilines is 1.